The normalized spacial score (nSPS) is 14.2. The van der Waals surface area contributed by atoms with Crippen LogP contribution in [0.4, 0.5) is 14.5 Å². The van der Waals surface area contributed by atoms with Crippen molar-refractivity contribution in [2.75, 3.05) is 19.0 Å². The van der Waals surface area contributed by atoms with E-state index in [0.29, 0.717) is 5.69 Å². The van der Waals surface area contributed by atoms with Gasteiger partial charge in [0.15, 0.2) is 6.61 Å². The van der Waals surface area contributed by atoms with Gasteiger partial charge in [0, 0.05) is 25.6 Å². The van der Waals surface area contributed by atoms with Gasteiger partial charge in [-0.3, -0.25) is 9.59 Å². The molecule has 2 rings (SSSR count). The lowest BCUT2D eigenvalue weighted by atomic mass is 10.2. The number of hydrogen-bond donors (Lipinski definition) is 1. The Kier molecular flexibility index (Phi) is 5.98. The van der Waals surface area contributed by atoms with Gasteiger partial charge in [0.25, 0.3) is 5.91 Å². The SMILES string of the molecule is CN1N=C(C(=O)OCC(=O)Nc2ccc(OC(F)F)cc2)CCC1=O. The number of ether oxygens (including phenoxy) is 2. The summed E-state index contributed by atoms with van der Waals surface area (Å²) < 4.78 is 33.1. The molecule has 0 atom stereocenters. The number of halogens is 2. The summed E-state index contributed by atoms with van der Waals surface area (Å²) in [5.41, 5.74) is 0.381. The zero-order valence-corrected chi connectivity index (χ0v) is 13.2. The maximum Gasteiger partial charge on any atom is 0.387 e. The lowest BCUT2D eigenvalue weighted by Crippen LogP contribution is -2.33. The molecule has 1 heterocycles. The Morgan fingerprint density at radius 2 is 1.96 bits per heavy atom. The minimum Gasteiger partial charge on any atom is -0.451 e. The molecule has 1 N–H and O–H groups in total. The second-order valence-electron chi connectivity index (χ2n) is 4.99. The van der Waals surface area contributed by atoms with Crippen LogP contribution in [-0.2, 0) is 19.1 Å². The number of alkyl halides is 2. The number of hydrazone groups is 1. The largest absolute Gasteiger partial charge is 0.451 e. The van der Waals surface area contributed by atoms with Crippen molar-refractivity contribution in [2.45, 2.75) is 19.5 Å². The van der Waals surface area contributed by atoms with Crippen molar-refractivity contribution in [1.29, 1.82) is 0 Å². The standard InChI is InChI=1S/C15H15F2N3O5/c1-20-13(22)7-6-11(19-20)14(23)24-8-12(21)18-9-2-4-10(5-3-9)25-15(16)17/h2-5,15H,6-8H2,1H3,(H,18,21). The molecule has 0 bridgehead atoms. The van der Waals surface area contributed by atoms with Crippen molar-refractivity contribution in [3.63, 3.8) is 0 Å². The van der Waals surface area contributed by atoms with E-state index in [1.54, 1.807) is 0 Å². The first-order valence-corrected chi connectivity index (χ1v) is 7.21. The number of amides is 2. The zero-order valence-electron chi connectivity index (χ0n) is 13.2. The summed E-state index contributed by atoms with van der Waals surface area (Å²) in [6, 6.07) is 5.25. The minimum absolute atomic E-state index is 0.0478. The van der Waals surface area contributed by atoms with Gasteiger partial charge < -0.3 is 14.8 Å². The Hall–Kier alpha value is -3.04. The molecule has 0 unspecified atom stereocenters. The van der Waals surface area contributed by atoms with E-state index in [1.165, 1.54) is 31.3 Å². The summed E-state index contributed by atoms with van der Waals surface area (Å²) in [6.45, 7) is -3.48. The smallest absolute Gasteiger partial charge is 0.387 e. The molecule has 1 aromatic rings. The monoisotopic (exact) mass is 355 g/mol. The Morgan fingerprint density at radius 1 is 1.28 bits per heavy atom. The number of esters is 1. The van der Waals surface area contributed by atoms with Crippen LogP contribution in [0.3, 0.4) is 0 Å². The number of rotatable bonds is 6. The average molecular weight is 355 g/mol. The number of anilines is 1. The van der Waals surface area contributed by atoms with Gasteiger partial charge >= 0.3 is 12.6 Å². The summed E-state index contributed by atoms with van der Waals surface area (Å²) in [4.78, 5) is 34.8. The van der Waals surface area contributed by atoms with E-state index in [1.807, 2.05) is 0 Å². The molecule has 0 aliphatic carbocycles. The number of hydrogen-bond acceptors (Lipinski definition) is 6. The van der Waals surface area contributed by atoms with Gasteiger partial charge in [0.2, 0.25) is 5.91 Å². The molecule has 8 nitrogen and oxygen atoms in total. The molecule has 0 fully saturated rings. The molecule has 2 amide bonds. The van der Waals surface area contributed by atoms with Crippen LogP contribution in [-0.4, -0.2) is 48.8 Å². The first-order valence-electron chi connectivity index (χ1n) is 7.21. The Bertz CT molecular complexity index is 691. The first kappa shape index (κ1) is 18.3. The van der Waals surface area contributed by atoms with Crippen molar-refractivity contribution < 1.29 is 32.6 Å². The van der Waals surface area contributed by atoms with Crippen LogP contribution in [0.15, 0.2) is 29.4 Å². The third-order valence-electron chi connectivity index (χ3n) is 3.14. The Labute approximate surface area is 141 Å². The fourth-order valence-corrected chi connectivity index (χ4v) is 1.95. The second-order valence-corrected chi connectivity index (χ2v) is 4.99. The molecule has 1 aromatic carbocycles. The van der Waals surface area contributed by atoms with Gasteiger partial charge in [-0.2, -0.15) is 13.9 Å². The van der Waals surface area contributed by atoms with E-state index in [-0.39, 0.29) is 30.2 Å². The molecule has 0 radical (unpaired) electrons. The van der Waals surface area contributed by atoms with Crippen LogP contribution in [0.1, 0.15) is 12.8 Å². The first-order chi connectivity index (χ1) is 11.8. The molecule has 1 aliphatic heterocycles. The zero-order chi connectivity index (χ0) is 18.4. The highest BCUT2D eigenvalue weighted by Crippen LogP contribution is 2.17. The topological polar surface area (TPSA) is 97.3 Å². The van der Waals surface area contributed by atoms with Crippen molar-refractivity contribution >= 4 is 29.2 Å². The predicted molar refractivity (Wildman–Crippen MR) is 82.1 cm³/mol. The van der Waals surface area contributed by atoms with Crippen molar-refractivity contribution in [2.24, 2.45) is 5.10 Å². The van der Waals surface area contributed by atoms with Crippen molar-refractivity contribution in [3.05, 3.63) is 24.3 Å². The lowest BCUT2D eigenvalue weighted by molar-refractivity contribution is -0.141. The molecule has 0 spiro atoms. The minimum atomic E-state index is -2.93. The fourth-order valence-electron chi connectivity index (χ4n) is 1.95. The van der Waals surface area contributed by atoms with E-state index in [0.717, 1.165) is 5.01 Å². The quantitative estimate of drug-likeness (QED) is 0.778. The predicted octanol–water partition coefficient (Wildman–Crippen LogP) is 1.38. The van der Waals surface area contributed by atoms with Crippen LogP contribution in [0.25, 0.3) is 0 Å². The number of nitrogens with one attached hydrogen (secondary N) is 1. The molecular weight excluding hydrogens is 340 g/mol. The molecule has 0 aromatic heterocycles. The highest BCUT2D eigenvalue weighted by Gasteiger charge is 2.23. The van der Waals surface area contributed by atoms with Crippen molar-refractivity contribution in [3.8, 4) is 5.75 Å². The highest BCUT2D eigenvalue weighted by molar-refractivity contribution is 6.37. The highest BCUT2D eigenvalue weighted by atomic mass is 19.3. The number of carbonyl (C=O) groups excluding carboxylic acids is 3. The van der Waals surface area contributed by atoms with Crippen LogP contribution >= 0.6 is 0 Å². The summed E-state index contributed by atoms with van der Waals surface area (Å²) in [7, 11) is 1.42. The number of nitrogens with zero attached hydrogens (tertiary/aromatic N) is 2. The molecule has 0 saturated heterocycles. The maximum absolute atomic E-state index is 12.0. The average Bonchev–Trinajstić information content (AvgIpc) is 2.56. The second kappa shape index (κ2) is 8.18. The van der Waals surface area contributed by atoms with Gasteiger partial charge in [0.05, 0.1) is 0 Å². The summed E-state index contributed by atoms with van der Waals surface area (Å²) >= 11 is 0. The van der Waals surface area contributed by atoms with Gasteiger partial charge in [-0.05, 0) is 24.3 Å². The van der Waals surface area contributed by atoms with Crippen LogP contribution in [0.5, 0.6) is 5.75 Å². The van der Waals surface area contributed by atoms with Crippen molar-refractivity contribution in [1.82, 2.24) is 5.01 Å². The molecule has 134 valence electrons. The van der Waals surface area contributed by atoms with E-state index in [9.17, 15) is 23.2 Å². The summed E-state index contributed by atoms with van der Waals surface area (Å²) in [6.07, 6.45) is 0.291. The van der Waals surface area contributed by atoms with E-state index >= 15 is 0 Å². The Balaban J connectivity index is 1.81. The van der Waals surface area contributed by atoms with Gasteiger partial charge in [-0.1, -0.05) is 0 Å². The van der Waals surface area contributed by atoms with Gasteiger partial charge in [-0.25, -0.2) is 9.80 Å². The number of benzene rings is 1. The molecule has 25 heavy (non-hydrogen) atoms. The molecule has 10 heteroatoms. The van der Waals surface area contributed by atoms with Gasteiger partial charge in [-0.15, -0.1) is 0 Å². The van der Waals surface area contributed by atoms with Crippen LogP contribution in [0.2, 0.25) is 0 Å². The Morgan fingerprint density at radius 3 is 2.56 bits per heavy atom. The van der Waals surface area contributed by atoms with E-state index < -0.39 is 25.1 Å². The molecule has 0 saturated carbocycles. The van der Waals surface area contributed by atoms with E-state index in [4.69, 9.17) is 4.74 Å². The maximum atomic E-state index is 12.0. The number of carbonyl (C=O) groups is 3. The fraction of sp³-hybridized carbons (Fsp3) is 0.333. The summed E-state index contributed by atoms with van der Waals surface area (Å²) in [5, 5.41) is 7.26. The van der Waals surface area contributed by atoms with E-state index in [2.05, 4.69) is 15.2 Å². The van der Waals surface area contributed by atoms with Gasteiger partial charge in [0.1, 0.15) is 11.5 Å². The molecular formula is C15H15F2N3O5. The van der Waals surface area contributed by atoms with Crippen LogP contribution < -0.4 is 10.1 Å². The molecule has 1 aliphatic rings. The lowest BCUT2D eigenvalue weighted by Gasteiger charge is -2.18. The third kappa shape index (κ3) is 5.52. The third-order valence-corrected chi connectivity index (χ3v) is 3.14. The summed E-state index contributed by atoms with van der Waals surface area (Å²) in [5.74, 6) is -1.66. The van der Waals surface area contributed by atoms with Crippen LogP contribution in [0, 0.1) is 0 Å².